The van der Waals surface area contributed by atoms with Gasteiger partial charge in [0.2, 0.25) is 5.69 Å². The second-order valence-electron chi connectivity index (χ2n) is 12.9. The second-order valence-corrected chi connectivity index (χ2v) is 12.9. The van der Waals surface area contributed by atoms with E-state index in [4.69, 9.17) is 0 Å². The van der Waals surface area contributed by atoms with E-state index in [0.717, 1.165) is 6.54 Å². The third-order valence-corrected chi connectivity index (χ3v) is 9.00. The number of hydrogen-bond donors (Lipinski definition) is 0. The van der Waals surface area contributed by atoms with Gasteiger partial charge in [0.1, 0.15) is 6.54 Å². The fourth-order valence-electron chi connectivity index (χ4n) is 6.13. The van der Waals surface area contributed by atoms with Crippen LogP contribution in [0.15, 0.2) is 48.7 Å². The first-order valence-electron chi connectivity index (χ1n) is 18.8. The summed E-state index contributed by atoms with van der Waals surface area (Å²) in [7, 11) is 0. The molecule has 0 atom stereocenters. The van der Waals surface area contributed by atoms with E-state index in [1.165, 1.54) is 171 Å². The van der Waals surface area contributed by atoms with Crippen LogP contribution in [0.2, 0.25) is 0 Å². The van der Waals surface area contributed by atoms with E-state index < -0.39 is 0 Å². The van der Waals surface area contributed by atoms with Crippen molar-refractivity contribution in [3.63, 3.8) is 0 Å². The minimum absolute atomic E-state index is 1.11. The van der Waals surface area contributed by atoms with Gasteiger partial charge in [0, 0.05) is 43.4 Å². The summed E-state index contributed by atoms with van der Waals surface area (Å²) in [4.78, 5) is 2.66. The lowest BCUT2D eigenvalue weighted by atomic mass is 10.1. The van der Waals surface area contributed by atoms with Crippen molar-refractivity contribution in [3.8, 4) is 0 Å². The van der Waals surface area contributed by atoms with Gasteiger partial charge in [-0.2, -0.15) is 4.57 Å². The lowest BCUT2D eigenvalue weighted by Gasteiger charge is -2.25. The van der Waals surface area contributed by atoms with Gasteiger partial charge in [-0.25, -0.2) is 0 Å². The monoisotopic (exact) mass is 590 g/mol. The Balaban J connectivity index is 1.84. The summed E-state index contributed by atoms with van der Waals surface area (Å²) in [5.74, 6) is 0. The summed E-state index contributed by atoms with van der Waals surface area (Å²) in [6.07, 6.45) is 37.1. The van der Waals surface area contributed by atoms with Gasteiger partial charge in [-0.3, -0.25) is 0 Å². The van der Waals surface area contributed by atoms with Crippen LogP contribution < -0.4 is 9.47 Å². The van der Waals surface area contributed by atoms with Gasteiger partial charge in [0.25, 0.3) is 0 Å². The van der Waals surface area contributed by atoms with E-state index in [0.29, 0.717) is 0 Å². The van der Waals surface area contributed by atoms with Gasteiger partial charge < -0.3 is 4.90 Å². The highest BCUT2D eigenvalue weighted by Crippen LogP contribution is 2.20. The Morgan fingerprint density at radius 2 is 0.953 bits per heavy atom. The van der Waals surface area contributed by atoms with E-state index in [2.05, 4.69) is 91.1 Å². The highest BCUT2D eigenvalue weighted by Gasteiger charge is 2.08. The van der Waals surface area contributed by atoms with Crippen molar-refractivity contribution >= 4 is 17.8 Å². The van der Waals surface area contributed by atoms with Crippen LogP contribution in [-0.2, 0) is 6.54 Å². The summed E-state index contributed by atoms with van der Waals surface area (Å²) in [6, 6.07) is 15.9. The van der Waals surface area contributed by atoms with Crippen LogP contribution in [0.5, 0.6) is 0 Å². The van der Waals surface area contributed by atoms with E-state index in [1.54, 1.807) is 0 Å². The molecule has 0 unspecified atom stereocenters. The molecule has 1 aromatic carbocycles. The molecule has 0 saturated carbocycles. The van der Waals surface area contributed by atoms with Crippen molar-refractivity contribution in [1.82, 2.24) is 0 Å². The highest BCUT2D eigenvalue weighted by atomic mass is 15.1. The molecular formula is C41H69N2+. The maximum absolute atomic E-state index is 2.66. The Bertz CT molecular complexity index is 900. The van der Waals surface area contributed by atoms with Crippen LogP contribution in [0.25, 0.3) is 12.2 Å². The molecule has 0 aliphatic rings. The van der Waals surface area contributed by atoms with Crippen LogP contribution in [0.1, 0.15) is 173 Å². The molecule has 242 valence electrons. The third-order valence-electron chi connectivity index (χ3n) is 9.00. The average molecular weight is 590 g/mol. The molecule has 1 aromatic heterocycles. The Morgan fingerprint density at radius 1 is 0.488 bits per heavy atom. The summed E-state index contributed by atoms with van der Waals surface area (Å²) >= 11 is 0. The first kappa shape index (κ1) is 37.1. The molecule has 0 bridgehead atoms. The highest BCUT2D eigenvalue weighted by molar-refractivity contribution is 5.68. The van der Waals surface area contributed by atoms with Crippen molar-refractivity contribution in [2.45, 2.75) is 169 Å². The Morgan fingerprint density at radius 3 is 1.47 bits per heavy atom. The quantitative estimate of drug-likeness (QED) is 0.0707. The minimum atomic E-state index is 1.11. The van der Waals surface area contributed by atoms with Gasteiger partial charge in [0.05, 0.1) is 0 Å². The van der Waals surface area contributed by atoms with Crippen LogP contribution >= 0.6 is 0 Å². The largest absolute Gasteiger partial charge is 0.372 e. The first-order chi connectivity index (χ1) is 21.3. The zero-order chi connectivity index (χ0) is 30.6. The van der Waals surface area contributed by atoms with Crippen molar-refractivity contribution < 1.29 is 4.57 Å². The van der Waals surface area contributed by atoms with Gasteiger partial charge in [0.15, 0.2) is 6.20 Å². The van der Waals surface area contributed by atoms with Crippen LogP contribution in [0.3, 0.4) is 0 Å². The molecule has 1 heterocycles. The van der Waals surface area contributed by atoms with Crippen molar-refractivity contribution in [2.75, 3.05) is 18.0 Å². The van der Waals surface area contributed by atoms with Gasteiger partial charge in [-0.05, 0) is 49.1 Å². The SMILES string of the molecule is CCCCCCCCCCCC[n+]1ccccc1/C=C/c1ccc(N(CCCCCCCC)CCCCCCCC)cc1. The van der Waals surface area contributed by atoms with Crippen LogP contribution in [-0.4, -0.2) is 13.1 Å². The van der Waals surface area contributed by atoms with Crippen LogP contribution in [0, 0.1) is 0 Å². The number of nitrogens with zero attached hydrogens (tertiary/aromatic N) is 2. The molecule has 2 nitrogen and oxygen atoms in total. The summed E-state index contributed by atoms with van der Waals surface area (Å²) < 4.78 is 2.43. The Hall–Kier alpha value is -2.09. The smallest absolute Gasteiger partial charge is 0.205 e. The maximum atomic E-state index is 2.66. The molecule has 0 saturated heterocycles. The molecule has 2 aromatic rings. The molecule has 2 heteroatoms. The van der Waals surface area contributed by atoms with E-state index in [1.807, 2.05) is 0 Å². The minimum Gasteiger partial charge on any atom is -0.372 e. The lowest BCUT2D eigenvalue weighted by Crippen LogP contribution is -2.36. The summed E-state index contributed by atoms with van der Waals surface area (Å²) in [6.45, 7) is 10.4. The number of rotatable bonds is 28. The molecule has 0 N–H and O–H groups in total. The molecular weight excluding hydrogens is 520 g/mol. The number of hydrogen-bond acceptors (Lipinski definition) is 1. The molecule has 0 aliphatic heterocycles. The molecule has 2 rings (SSSR count). The topological polar surface area (TPSA) is 7.12 Å². The normalized spacial score (nSPS) is 11.5. The molecule has 43 heavy (non-hydrogen) atoms. The molecule has 0 spiro atoms. The zero-order valence-electron chi connectivity index (χ0n) is 28.8. The number of unbranched alkanes of at least 4 members (excludes halogenated alkanes) is 19. The van der Waals surface area contributed by atoms with E-state index in [9.17, 15) is 0 Å². The Labute approximate surface area is 268 Å². The predicted molar refractivity (Wildman–Crippen MR) is 193 cm³/mol. The van der Waals surface area contributed by atoms with Crippen LogP contribution in [0.4, 0.5) is 5.69 Å². The molecule has 0 aliphatic carbocycles. The number of anilines is 1. The third kappa shape index (κ3) is 18.3. The summed E-state index contributed by atoms with van der Waals surface area (Å²) in [5, 5.41) is 0. The van der Waals surface area contributed by atoms with E-state index >= 15 is 0 Å². The zero-order valence-corrected chi connectivity index (χ0v) is 28.8. The van der Waals surface area contributed by atoms with Gasteiger partial charge >= 0.3 is 0 Å². The van der Waals surface area contributed by atoms with Crippen molar-refractivity contribution in [2.24, 2.45) is 0 Å². The number of aryl methyl sites for hydroxylation is 1. The molecule has 0 fully saturated rings. The number of benzene rings is 1. The van der Waals surface area contributed by atoms with Gasteiger partial charge in [-0.15, -0.1) is 0 Å². The van der Waals surface area contributed by atoms with Crippen molar-refractivity contribution in [3.05, 3.63) is 59.9 Å². The molecule has 0 amide bonds. The molecule has 0 radical (unpaired) electrons. The lowest BCUT2D eigenvalue weighted by molar-refractivity contribution is -0.699. The van der Waals surface area contributed by atoms with Gasteiger partial charge in [-0.1, -0.05) is 148 Å². The number of aromatic nitrogens is 1. The number of pyridine rings is 1. The summed E-state index contributed by atoms with van der Waals surface area (Å²) in [5.41, 5.74) is 3.99. The van der Waals surface area contributed by atoms with Crippen molar-refractivity contribution in [1.29, 1.82) is 0 Å². The Kier molecular flexibility index (Phi) is 22.7. The first-order valence-corrected chi connectivity index (χ1v) is 18.8. The standard InChI is InChI=1S/C41H69N2/c1-4-7-10-13-16-17-18-19-22-26-35-42-38-27-23-28-40(42)32-29-39-30-33-41(34-31-39)43(36-24-20-14-11-8-5-2)37-25-21-15-12-9-6-3/h23,27-34,38H,4-22,24-26,35-37H2,1-3H3/q+1. The second kappa shape index (κ2) is 26.3. The van der Waals surface area contributed by atoms with E-state index in [-0.39, 0.29) is 0 Å². The average Bonchev–Trinajstić information content (AvgIpc) is 3.04. The fraction of sp³-hybridized carbons (Fsp3) is 0.683. The maximum Gasteiger partial charge on any atom is 0.205 e. The predicted octanol–water partition coefficient (Wildman–Crippen LogP) is 12.6. The fourth-order valence-corrected chi connectivity index (χ4v) is 6.13.